The van der Waals surface area contributed by atoms with Crippen molar-refractivity contribution in [3.63, 3.8) is 0 Å². The summed E-state index contributed by atoms with van der Waals surface area (Å²) in [7, 11) is -1.94. The van der Waals surface area contributed by atoms with E-state index in [0.29, 0.717) is 12.8 Å². The molecule has 0 heterocycles. The lowest BCUT2D eigenvalue weighted by Crippen LogP contribution is -2.35. The first-order chi connectivity index (χ1) is 8.29. The first kappa shape index (κ1) is 14.7. The van der Waals surface area contributed by atoms with E-state index >= 15 is 0 Å². The highest BCUT2D eigenvalue weighted by atomic mass is 28.4. The van der Waals surface area contributed by atoms with Gasteiger partial charge in [-0.15, -0.1) is 5.92 Å². The Bertz CT molecular complexity index is 391. The molecule has 2 unspecified atom stereocenters. The van der Waals surface area contributed by atoms with Crippen molar-refractivity contribution in [1.29, 1.82) is 0 Å². The lowest BCUT2D eigenvalue weighted by atomic mass is 9.92. The Morgan fingerprint density at radius 2 is 2.06 bits per heavy atom. The molecule has 0 radical (unpaired) electrons. The maximum absolute atomic E-state index is 12.0. The molecule has 0 aromatic carbocycles. The van der Waals surface area contributed by atoms with Gasteiger partial charge in [0.2, 0.25) is 14.4 Å². The van der Waals surface area contributed by atoms with Crippen LogP contribution in [0.2, 0.25) is 19.6 Å². The summed E-state index contributed by atoms with van der Waals surface area (Å²) in [4.78, 5) is 22.5. The number of rotatable bonds is 3. The molecule has 0 bridgehead atoms. The van der Waals surface area contributed by atoms with Crippen LogP contribution in [0.3, 0.4) is 0 Å². The average Bonchev–Trinajstić information content (AvgIpc) is 2.12. The summed E-state index contributed by atoms with van der Waals surface area (Å²) in [6.45, 7) is 5.79. The molecular weight excluding hydrogens is 250 g/mol. The van der Waals surface area contributed by atoms with Gasteiger partial charge in [-0.05, 0) is 26.1 Å². The third-order valence-corrected chi connectivity index (χ3v) is 3.49. The highest BCUT2D eigenvalue weighted by Gasteiger charge is 2.32. The van der Waals surface area contributed by atoms with Crippen molar-refractivity contribution in [3.8, 4) is 11.8 Å². The van der Waals surface area contributed by atoms with Crippen molar-refractivity contribution < 1.29 is 14.1 Å². The first-order valence-corrected chi connectivity index (χ1v) is 9.52. The van der Waals surface area contributed by atoms with Gasteiger partial charge in [0, 0.05) is 17.8 Å². The van der Waals surface area contributed by atoms with Gasteiger partial charge in [0.1, 0.15) is 0 Å². The number of hydrogen-bond donors (Lipinski definition) is 0. The van der Waals surface area contributed by atoms with Crippen molar-refractivity contribution >= 4 is 14.3 Å². The number of carbonyl (C=O) groups is 1. The molecule has 100 valence electrons. The Hall–Kier alpha value is -1.35. The van der Waals surface area contributed by atoms with Crippen molar-refractivity contribution in [2.45, 2.75) is 51.4 Å². The molecule has 0 aromatic heterocycles. The van der Waals surface area contributed by atoms with Gasteiger partial charge in [-0.3, -0.25) is 14.9 Å². The van der Waals surface area contributed by atoms with Crippen LogP contribution in [0, 0.1) is 27.9 Å². The molecule has 0 spiro atoms. The maximum Gasteiger partial charge on any atom is 0.295 e. The lowest BCUT2D eigenvalue weighted by Gasteiger charge is -2.23. The molecule has 5 nitrogen and oxygen atoms in total. The molecule has 1 aliphatic rings. The Labute approximate surface area is 108 Å². The van der Waals surface area contributed by atoms with Crippen LogP contribution >= 0.6 is 0 Å². The molecule has 0 fully saturated rings. The van der Waals surface area contributed by atoms with E-state index in [0.717, 1.165) is 0 Å². The maximum atomic E-state index is 12.0. The van der Waals surface area contributed by atoms with E-state index in [1.165, 1.54) is 0 Å². The third-order valence-electron chi connectivity index (χ3n) is 2.68. The zero-order chi connectivity index (χ0) is 13.8. The van der Waals surface area contributed by atoms with Gasteiger partial charge in [0.05, 0.1) is 12.3 Å². The molecule has 0 N–H and O–H groups in total. The highest BCUT2D eigenvalue weighted by molar-refractivity contribution is 6.71. The van der Waals surface area contributed by atoms with Crippen molar-refractivity contribution in [2.75, 3.05) is 0 Å². The fraction of sp³-hybridized carbons (Fsp3) is 0.750. The molecule has 1 aliphatic carbocycles. The van der Waals surface area contributed by atoms with E-state index < -0.39 is 14.4 Å². The zero-order valence-electron chi connectivity index (χ0n) is 11.1. The minimum absolute atomic E-state index is 0.226. The van der Waals surface area contributed by atoms with Gasteiger partial charge in [0.15, 0.2) is 0 Å². The standard InChI is InChI=1S/C12H19NO4Si/c1-18(2,3)17-12(14)10-7-5-4-6-8-11(9-10)13(15)16/h10-11H,5,7-9H2,1-3H3. The number of nitro groups is 1. The van der Waals surface area contributed by atoms with Crippen LogP contribution in [0.25, 0.3) is 0 Å². The van der Waals surface area contributed by atoms with Crippen LogP contribution < -0.4 is 0 Å². The van der Waals surface area contributed by atoms with Gasteiger partial charge >= 0.3 is 0 Å². The van der Waals surface area contributed by atoms with E-state index in [4.69, 9.17) is 4.43 Å². The van der Waals surface area contributed by atoms with Gasteiger partial charge < -0.3 is 4.43 Å². The van der Waals surface area contributed by atoms with Gasteiger partial charge in [0.25, 0.3) is 5.97 Å². The second kappa shape index (κ2) is 6.00. The summed E-state index contributed by atoms with van der Waals surface area (Å²) in [5, 5.41) is 10.9. The fourth-order valence-corrected chi connectivity index (χ4v) is 2.58. The summed E-state index contributed by atoms with van der Waals surface area (Å²) in [6, 6.07) is -0.753. The van der Waals surface area contributed by atoms with Gasteiger partial charge in [-0.25, -0.2) is 0 Å². The lowest BCUT2D eigenvalue weighted by molar-refractivity contribution is -0.523. The van der Waals surface area contributed by atoms with Crippen molar-refractivity contribution in [2.24, 2.45) is 5.92 Å². The monoisotopic (exact) mass is 269 g/mol. The molecule has 6 heteroatoms. The smallest absolute Gasteiger partial charge is 0.295 e. The second-order valence-electron chi connectivity index (χ2n) is 5.50. The summed E-state index contributed by atoms with van der Waals surface area (Å²) < 4.78 is 5.43. The summed E-state index contributed by atoms with van der Waals surface area (Å²) in [6.07, 6.45) is 1.63. The van der Waals surface area contributed by atoms with E-state index in [2.05, 4.69) is 11.8 Å². The SMILES string of the molecule is C[Si](C)(C)OC(=O)C1CCC#CCC([N+](=O)[O-])C1. The topological polar surface area (TPSA) is 69.4 Å². The number of nitrogens with zero attached hydrogens (tertiary/aromatic N) is 1. The van der Waals surface area contributed by atoms with Crippen LogP contribution in [0.5, 0.6) is 0 Å². The molecule has 0 aliphatic heterocycles. The molecule has 0 aromatic rings. The van der Waals surface area contributed by atoms with Crippen LogP contribution in [0.4, 0.5) is 0 Å². The van der Waals surface area contributed by atoms with Crippen LogP contribution in [-0.2, 0) is 9.22 Å². The largest absolute Gasteiger partial charge is 0.520 e. The minimum atomic E-state index is -1.94. The molecule has 18 heavy (non-hydrogen) atoms. The Morgan fingerprint density at radius 1 is 1.39 bits per heavy atom. The third kappa shape index (κ3) is 4.88. The minimum Gasteiger partial charge on any atom is -0.520 e. The van der Waals surface area contributed by atoms with Gasteiger partial charge in [-0.2, -0.15) is 0 Å². The van der Waals surface area contributed by atoms with Crippen LogP contribution in [0.15, 0.2) is 0 Å². The molecular formula is C12H19NO4Si. The predicted octanol–water partition coefficient (Wildman–Crippen LogP) is 2.20. The normalized spacial score (nSPS) is 24.2. The van der Waals surface area contributed by atoms with E-state index in [1.807, 2.05) is 19.6 Å². The molecule has 0 amide bonds. The van der Waals surface area contributed by atoms with Crippen molar-refractivity contribution in [3.05, 3.63) is 10.1 Å². The summed E-state index contributed by atoms with van der Waals surface area (Å²) in [5.74, 6) is 4.99. The number of carbonyl (C=O) groups excluding carboxylic acids is 1. The number of hydrogen-bond acceptors (Lipinski definition) is 4. The van der Waals surface area contributed by atoms with Gasteiger partial charge in [-0.1, -0.05) is 5.92 Å². The van der Waals surface area contributed by atoms with Crippen LogP contribution in [-0.4, -0.2) is 25.3 Å². The Balaban J connectivity index is 2.72. The van der Waals surface area contributed by atoms with E-state index in [1.54, 1.807) is 0 Å². The fourth-order valence-electron chi connectivity index (χ4n) is 1.81. The summed E-state index contributed by atoms with van der Waals surface area (Å²) >= 11 is 0. The van der Waals surface area contributed by atoms with E-state index in [9.17, 15) is 14.9 Å². The quantitative estimate of drug-likeness (QED) is 0.341. The van der Waals surface area contributed by atoms with Crippen molar-refractivity contribution in [1.82, 2.24) is 0 Å². The average molecular weight is 269 g/mol. The molecule has 1 rings (SSSR count). The Kier molecular flexibility index (Phi) is 4.90. The molecule has 2 atom stereocenters. The second-order valence-corrected chi connectivity index (χ2v) is 9.93. The predicted molar refractivity (Wildman–Crippen MR) is 70.0 cm³/mol. The zero-order valence-corrected chi connectivity index (χ0v) is 12.1. The summed E-state index contributed by atoms with van der Waals surface area (Å²) in [5.41, 5.74) is 0. The Morgan fingerprint density at radius 3 is 2.61 bits per heavy atom. The highest BCUT2D eigenvalue weighted by Crippen LogP contribution is 2.22. The molecule has 0 saturated carbocycles. The van der Waals surface area contributed by atoms with Crippen LogP contribution in [0.1, 0.15) is 25.7 Å². The first-order valence-electron chi connectivity index (χ1n) is 6.11. The molecule has 0 saturated heterocycles. The van der Waals surface area contributed by atoms with E-state index in [-0.39, 0.29) is 29.7 Å².